The molecule has 0 bridgehead atoms. The van der Waals surface area contributed by atoms with E-state index in [1.807, 2.05) is 36.9 Å². The molecule has 0 aliphatic carbocycles. The maximum atomic E-state index is 12.2. The number of para-hydroxylation sites is 1. The topological polar surface area (TPSA) is 74.0 Å². The van der Waals surface area contributed by atoms with Crippen LogP contribution in [-0.4, -0.2) is 55.5 Å². The van der Waals surface area contributed by atoms with Crippen molar-refractivity contribution >= 4 is 17.6 Å². The molecule has 0 radical (unpaired) electrons. The van der Waals surface area contributed by atoms with Crippen LogP contribution in [0.15, 0.2) is 35.3 Å². The van der Waals surface area contributed by atoms with Crippen molar-refractivity contribution in [1.29, 1.82) is 0 Å². The van der Waals surface area contributed by atoms with E-state index in [-0.39, 0.29) is 11.9 Å². The van der Waals surface area contributed by atoms with Gasteiger partial charge in [0.25, 0.3) is 0 Å². The highest BCUT2D eigenvalue weighted by Crippen LogP contribution is 2.15. The van der Waals surface area contributed by atoms with Crippen molar-refractivity contribution in [3.63, 3.8) is 0 Å². The van der Waals surface area contributed by atoms with Crippen molar-refractivity contribution in [2.75, 3.05) is 37.6 Å². The Labute approximate surface area is 138 Å². The molecule has 1 amide bonds. The fraction of sp³-hybridized carbons (Fsp3) is 0.529. The molecule has 2 rings (SSSR count). The lowest BCUT2D eigenvalue weighted by Gasteiger charge is -2.36. The van der Waals surface area contributed by atoms with Crippen molar-refractivity contribution in [2.45, 2.75) is 26.3 Å². The minimum Gasteiger partial charge on any atom is -0.370 e. The molecule has 0 atom stereocenters. The second-order valence-electron chi connectivity index (χ2n) is 6.02. The summed E-state index contributed by atoms with van der Waals surface area (Å²) in [5, 5.41) is 3.02. The van der Waals surface area contributed by atoms with E-state index in [4.69, 9.17) is 5.73 Å². The molecular formula is C17H27N5O. The van der Waals surface area contributed by atoms with Crippen LogP contribution in [0.25, 0.3) is 0 Å². The minimum absolute atomic E-state index is 0.152. The molecule has 1 aliphatic heterocycles. The predicted molar refractivity (Wildman–Crippen MR) is 94.6 cm³/mol. The van der Waals surface area contributed by atoms with Gasteiger partial charge in [-0.2, -0.15) is 0 Å². The van der Waals surface area contributed by atoms with Crippen LogP contribution in [0.2, 0.25) is 0 Å². The zero-order chi connectivity index (χ0) is 16.7. The van der Waals surface area contributed by atoms with Gasteiger partial charge in [0.15, 0.2) is 5.96 Å². The highest BCUT2D eigenvalue weighted by Gasteiger charge is 2.20. The number of carbonyl (C=O) groups excluding carboxylic acids is 1. The average Bonchev–Trinajstić information content (AvgIpc) is 2.55. The first-order valence-corrected chi connectivity index (χ1v) is 8.20. The van der Waals surface area contributed by atoms with Crippen molar-refractivity contribution < 1.29 is 4.79 Å². The number of nitrogens with two attached hydrogens (primary N) is 1. The summed E-state index contributed by atoms with van der Waals surface area (Å²) >= 11 is 0. The quantitative estimate of drug-likeness (QED) is 0.628. The van der Waals surface area contributed by atoms with E-state index in [2.05, 4.69) is 27.3 Å². The average molecular weight is 317 g/mol. The van der Waals surface area contributed by atoms with Gasteiger partial charge in [-0.15, -0.1) is 0 Å². The number of piperazine rings is 1. The Kier molecular flexibility index (Phi) is 6.26. The molecule has 3 N–H and O–H groups in total. The smallest absolute Gasteiger partial charge is 0.224 e. The summed E-state index contributed by atoms with van der Waals surface area (Å²) in [5.41, 5.74) is 6.95. The van der Waals surface area contributed by atoms with Crippen molar-refractivity contribution in [1.82, 2.24) is 10.2 Å². The first-order chi connectivity index (χ1) is 11.1. The number of rotatable bonds is 5. The van der Waals surface area contributed by atoms with Crippen LogP contribution >= 0.6 is 0 Å². The Morgan fingerprint density at radius 1 is 1.22 bits per heavy atom. The number of carbonyl (C=O) groups is 1. The molecule has 0 aromatic heterocycles. The summed E-state index contributed by atoms with van der Waals surface area (Å²) in [6, 6.07) is 10.6. The number of nitrogens with zero attached hydrogens (tertiary/aromatic N) is 3. The fourth-order valence-electron chi connectivity index (χ4n) is 2.62. The number of hydrogen-bond acceptors (Lipinski definition) is 3. The van der Waals surface area contributed by atoms with E-state index in [1.54, 1.807) is 0 Å². The number of benzene rings is 1. The van der Waals surface area contributed by atoms with Gasteiger partial charge in [-0.1, -0.05) is 18.2 Å². The number of anilines is 1. The van der Waals surface area contributed by atoms with Crippen LogP contribution in [0, 0.1) is 0 Å². The molecule has 23 heavy (non-hydrogen) atoms. The van der Waals surface area contributed by atoms with Gasteiger partial charge in [0.1, 0.15) is 0 Å². The van der Waals surface area contributed by atoms with Crippen LogP contribution in [-0.2, 0) is 4.79 Å². The number of aliphatic imine (C=N–C) groups is 1. The van der Waals surface area contributed by atoms with Crippen molar-refractivity contribution in [3.05, 3.63) is 30.3 Å². The standard InChI is InChI=1S/C17H27N5O/c1-14(2)20-17(18)19-9-8-16(23)22-12-10-21(11-13-22)15-6-4-3-5-7-15/h3-7,14H,8-13H2,1-2H3,(H3,18,19,20). The molecule has 0 saturated carbocycles. The number of guanidine groups is 1. The lowest BCUT2D eigenvalue weighted by Crippen LogP contribution is -2.49. The van der Waals surface area contributed by atoms with E-state index in [0.29, 0.717) is 18.9 Å². The first kappa shape index (κ1) is 17.1. The summed E-state index contributed by atoms with van der Waals surface area (Å²) < 4.78 is 0. The largest absolute Gasteiger partial charge is 0.370 e. The normalized spacial score (nSPS) is 15.9. The SMILES string of the molecule is CC(C)NC(N)=NCCC(=O)N1CCN(c2ccccc2)CC1. The van der Waals surface area contributed by atoms with Crippen LogP contribution in [0.1, 0.15) is 20.3 Å². The zero-order valence-corrected chi connectivity index (χ0v) is 14.0. The molecule has 1 heterocycles. The van der Waals surface area contributed by atoms with E-state index < -0.39 is 0 Å². The maximum absolute atomic E-state index is 12.2. The molecule has 126 valence electrons. The first-order valence-electron chi connectivity index (χ1n) is 8.20. The van der Waals surface area contributed by atoms with Crippen LogP contribution in [0.3, 0.4) is 0 Å². The second-order valence-corrected chi connectivity index (χ2v) is 6.02. The zero-order valence-electron chi connectivity index (χ0n) is 14.0. The fourth-order valence-corrected chi connectivity index (χ4v) is 2.62. The molecule has 1 aliphatic rings. The van der Waals surface area contributed by atoms with Crippen LogP contribution < -0.4 is 16.0 Å². The van der Waals surface area contributed by atoms with Crippen LogP contribution in [0.5, 0.6) is 0 Å². The van der Waals surface area contributed by atoms with Gasteiger partial charge in [-0.3, -0.25) is 9.79 Å². The Morgan fingerprint density at radius 3 is 2.48 bits per heavy atom. The van der Waals surface area contributed by atoms with E-state index in [9.17, 15) is 4.79 Å². The van der Waals surface area contributed by atoms with Gasteiger partial charge in [0, 0.05) is 44.3 Å². The molecule has 6 heteroatoms. The third-order valence-electron chi connectivity index (χ3n) is 3.80. The van der Waals surface area contributed by atoms with Gasteiger partial charge in [-0.05, 0) is 26.0 Å². The Balaban J connectivity index is 1.73. The Hall–Kier alpha value is -2.24. The summed E-state index contributed by atoms with van der Waals surface area (Å²) in [5.74, 6) is 0.556. The molecule has 1 aromatic carbocycles. The third kappa shape index (κ3) is 5.47. The van der Waals surface area contributed by atoms with Gasteiger partial charge in [-0.25, -0.2) is 0 Å². The Bertz CT molecular complexity index is 521. The van der Waals surface area contributed by atoms with Crippen molar-refractivity contribution in [2.24, 2.45) is 10.7 Å². The summed E-state index contributed by atoms with van der Waals surface area (Å²) in [7, 11) is 0. The van der Waals surface area contributed by atoms with Gasteiger partial charge in [0.05, 0.1) is 6.54 Å². The van der Waals surface area contributed by atoms with E-state index in [1.165, 1.54) is 5.69 Å². The molecule has 6 nitrogen and oxygen atoms in total. The maximum Gasteiger partial charge on any atom is 0.224 e. The number of nitrogens with one attached hydrogen (secondary N) is 1. The van der Waals surface area contributed by atoms with Crippen LogP contribution in [0.4, 0.5) is 5.69 Å². The number of hydrogen-bond donors (Lipinski definition) is 2. The molecule has 0 spiro atoms. The molecular weight excluding hydrogens is 290 g/mol. The predicted octanol–water partition coefficient (Wildman–Crippen LogP) is 1.04. The summed E-state index contributed by atoms with van der Waals surface area (Å²) in [4.78, 5) is 20.6. The lowest BCUT2D eigenvalue weighted by atomic mass is 10.2. The van der Waals surface area contributed by atoms with Gasteiger partial charge >= 0.3 is 0 Å². The Morgan fingerprint density at radius 2 is 1.87 bits per heavy atom. The van der Waals surface area contributed by atoms with Gasteiger partial charge in [0.2, 0.25) is 5.91 Å². The summed E-state index contributed by atoms with van der Waals surface area (Å²) in [6.45, 7) is 7.70. The number of amides is 1. The monoisotopic (exact) mass is 317 g/mol. The summed E-state index contributed by atoms with van der Waals surface area (Å²) in [6.07, 6.45) is 0.409. The van der Waals surface area contributed by atoms with Gasteiger partial charge < -0.3 is 20.9 Å². The second kappa shape index (κ2) is 8.41. The minimum atomic E-state index is 0.152. The third-order valence-corrected chi connectivity index (χ3v) is 3.80. The highest BCUT2D eigenvalue weighted by atomic mass is 16.2. The van der Waals surface area contributed by atoms with E-state index >= 15 is 0 Å². The molecule has 1 fully saturated rings. The van der Waals surface area contributed by atoms with Crippen molar-refractivity contribution in [3.8, 4) is 0 Å². The molecule has 0 unspecified atom stereocenters. The lowest BCUT2D eigenvalue weighted by molar-refractivity contribution is -0.131. The molecule has 1 saturated heterocycles. The highest BCUT2D eigenvalue weighted by molar-refractivity contribution is 5.79. The van der Waals surface area contributed by atoms with E-state index in [0.717, 1.165) is 26.2 Å². The molecule has 1 aromatic rings.